The van der Waals surface area contributed by atoms with Gasteiger partial charge in [-0.25, -0.2) is 0 Å². The van der Waals surface area contributed by atoms with Crippen LogP contribution in [0.25, 0.3) is 0 Å². The molecule has 2 bridgehead atoms. The fourth-order valence-electron chi connectivity index (χ4n) is 3.73. The van der Waals surface area contributed by atoms with Gasteiger partial charge in [-0.1, -0.05) is 13.8 Å². The molecule has 1 spiro atoms. The van der Waals surface area contributed by atoms with Crippen LogP contribution in [0.15, 0.2) is 0 Å². The maximum atomic E-state index is 9.86. The normalized spacial score (nSPS) is 59.8. The van der Waals surface area contributed by atoms with E-state index in [2.05, 4.69) is 13.8 Å². The molecule has 2 nitrogen and oxygen atoms in total. The third-order valence-electron chi connectivity index (χ3n) is 4.47. The molecule has 1 saturated heterocycles. The van der Waals surface area contributed by atoms with Crippen molar-refractivity contribution in [1.29, 1.82) is 0 Å². The Labute approximate surface area is 72.9 Å². The highest BCUT2D eigenvalue weighted by Gasteiger charge is 2.71. The molecule has 3 aliphatic carbocycles. The van der Waals surface area contributed by atoms with E-state index in [4.69, 9.17) is 4.74 Å². The van der Waals surface area contributed by atoms with Crippen molar-refractivity contribution in [3.8, 4) is 0 Å². The molecule has 1 N–H and O–H groups in total. The van der Waals surface area contributed by atoms with Gasteiger partial charge in [0, 0.05) is 5.92 Å². The topological polar surface area (TPSA) is 32.8 Å². The number of rotatable bonds is 0. The lowest BCUT2D eigenvalue weighted by Crippen LogP contribution is -2.66. The minimum absolute atomic E-state index is 0.0729. The van der Waals surface area contributed by atoms with Crippen LogP contribution in [0.3, 0.4) is 0 Å². The first-order chi connectivity index (χ1) is 5.58. The molecule has 1 heterocycles. The summed E-state index contributed by atoms with van der Waals surface area (Å²) < 4.78 is 5.53. The summed E-state index contributed by atoms with van der Waals surface area (Å²) in [6.45, 7) is 5.44. The van der Waals surface area contributed by atoms with Crippen molar-refractivity contribution >= 4 is 0 Å². The molecule has 2 heteroatoms. The Morgan fingerprint density at radius 3 is 2.42 bits per heavy atom. The first kappa shape index (κ1) is 7.34. The van der Waals surface area contributed by atoms with E-state index in [1.807, 2.05) is 0 Å². The smallest absolute Gasteiger partial charge is 0.0974 e. The number of hydrogen-bond donors (Lipinski definition) is 1. The molecule has 0 aromatic carbocycles. The molecule has 1 aliphatic heterocycles. The Hall–Kier alpha value is -0.0800. The number of epoxide rings is 1. The van der Waals surface area contributed by atoms with Crippen LogP contribution in [-0.2, 0) is 4.74 Å². The predicted molar refractivity (Wildman–Crippen MR) is 44.7 cm³/mol. The van der Waals surface area contributed by atoms with Gasteiger partial charge in [0.1, 0.15) is 0 Å². The first-order valence-electron chi connectivity index (χ1n) is 4.90. The molecule has 0 amide bonds. The molecule has 0 unspecified atom stereocenters. The van der Waals surface area contributed by atoms with E-state index in [1.54, 1.807) is 0 Å². The molecule has 0 radical (unpaired) electrons. The second-order valence-electron chi connectivity index (χ2n) is 5.29. The average Bonchev–Trinajstić information content (AvgIpc) is 2.68. The van der Waals surface area contributed by atoms with Gasteiger partial charge in [-0.3, -0.25) is 0 Å². The van der Waals surface area contributed by atoms with E-state index < -0.39 is 0 Å². The number of aliphatic hydroxyl groups is 1. The first-order valence-corrected chi connectivity index (χ1v) is 4.90. The Bertz CT molecular complexity index is 228. The average molecular weight is 168 g/mol. The summed E-state index contributed by atoms with van der Waals surface area (Å²) in [5, 5.41) is 9.86. The minimum atomic E-state index is -0.0729. The fraction of sp³-hybridized carbons (Fsp3) is 1.00. The van der Waals surface area contributed by atoms with Gasteiger partial charge in [0.05, 0.1) is 18.3 Å². The van der Waals surface area contributed by atoms with Crippen molar-refractivity contribution in [2.24, 2.45) is 17.3 Å². The highest BCUT2D eigenvalue weighted by Crippen LogP contribution is 2.67. The summed E-state index contributed by atoms with van der Waals surface area (Å²) in [6, 6.07) is 0. The predicted octanol–water partition coefficient (Wildman–Crippen LogP) is 1.18. The minimum Gasteiger partial charge on any atom is -0.392 e. The van der Waals surface area contributed by atoms with Gasteiger partial charge in [0.15, 0.2) is 0 Å². The van der Waals surface area contributed by atoms with Crippen LogP contribution in [0.4, 0.5) is 0 Å². The lowest BCUT2D eigenvalue weighted by Gasteiger charge is -2.62. The van der Waals surface area contributed by atoms with E-state index in [0.717, 1.165) is 13.0 Å². The van der Waals surface area contributed by atoms with Gasteiger partial charge in [0.2, 0.25) is 0 Å². The number of aliphatic hydroxyl groups excluding tert-OH is 1. The van der Waals surface area contributed by atoms with Gasteiger partial charge in [-0.15, -0.1) is 0 Å². The Balaban J connectivity index is 1.97. The van der Waals surface area contributed by atoms with E-state index in [0.29, 0.717) is 17.3 Å². The van der Waals surface area contributed by atoms with Crippen molar-refractivity contribution in [2.45, 2.75) is 38.4 Å². The van der Waals surface area contributed by atoms with Crippen LogP contribution in [0, 0.1) is 17.3 Å². The molecule has 4 atom stereocenters. The van der Waals surface area contributed by atoms with Crippen molar-refractivity contribution < 1.29 is 9.84 Å². The summed E-state index contributed by atoms with van der Waals surface area (Å²) in [5.74, 6) is 0.959. The molecule has 68 valence electrons. The van der Waals surface area contributed by atoms with Crippen LogP contribution in [-0.4, -0.2) is 23.4 Å². The van der Waals surface area contributed by atoms with E-state index in [1.165, 1.54) is 6.42 Å². The zero-order chi connectivity index (χ0) is 8.56. The molecular formula is C10H16O2. The maximum Gasteiger partial charge on any atom is 0.0974 e. The second-order valence-corrected chi connectivity index (χ2v) is 5.29. The summed E-state index contributed by atoms with van der Waals surface area (Å²) in [4.78, 5) is 0. The molecule has 3 saturated carbocycles. The zero-order valence-electron chi connectivity index (χ0n) is 7.71. The largest absolute Gasteiger partial charge is 0.392 e. The lowest BCUT2D eigenvalue weighted by molar-refractivity contribution is -0.216. The molecular weight excluding hydrogens is 152 g/mol. The summed E-state index contributed by atoms with van der Waals surface area (Å²) in [5.41, 5.74) is 0.436. The van der Waals surface area contributed by atoms with Gasteiger partial charge in [0.25, 0.3) is 0 Å². The van der Waals surface area contributed by atoms with Crippen molar-refractivity contribution in [3.63, 3.8) is 0 Å². The lowest BCUT2D eigenvalue weighted by atomic mass is 9.43. The monoisotopic (exact) mass is 168 g/mol. The SMILES string of the molecule is CC1(C)[C@H]2[C@@H](O)[C@@H]1CC[C@@]21CO1. The number of fused-ring (bicyclic) bond motifs is 1. The van der Waals surface area contributed by atoms with E-state index in [-0.39, 0.29) is 11.7 Å². The standard InChI is InChI=1S/C10H16O2/c1-9(2)6-3-4-10(5-12-10)8(9)7(6)11/h6-8,11H,3-5H2,1-2H3/t6-,7-,8+,10+/m0/s1. The van der Waals surface area contributed by atoms with Crippen molar-refractivity contribution in [2.75, 3.05) is 6.61 Å². The Morgan fingerprint density at radius 1 is 1.42 bits per heavy atom. The number of hydrogen-bond acceptors (Lipinski definition) is 2. The van der Waals surface area contributed by atoms with Gasteiger partial charge in [-0.05, 0) is 24.2 Å². The van der Waals surface area contributed by atoms with E-state index >= 15 is 0 Å². The molecule has 12 heavy (non-hydrogen) atoms. The number of ether oxygens (including phenoxy) is 1. The fourth-order valence-corrected chi connectivity index (χ4v) is 3.73. The molecule has 0 aromatic rings. The third kappa shape index (κ3) is 0.579. The van der Waals surface area contributed by atoms with Gasteiger partial charge in [-0.2, -0.15) is 0 Å². The summed E-state index contributed by atoms with van der Waals surface area (Å²) >= 11 is 0. The van der Waals surface area contributed by atoms with E-state index in [9.17, 15) is 5.11 Å². The molecule has 4 fully saturated rings. The van der Waals surface area contributed by atoms with Crippen molar-refractivity contribution in [3.05, 3.63) is 0 Å². The summed E-state index contributed by atoms with van der Waals surface area (Å²) in [7, 11) is 0. The van der Waals surface area contributed by atoms with Gasteiger partial charge >= 0.3 is 0 Å². The highest BCUT2D eigenvalue weighted by atomic mass is 16.6. The second kappa shape index (κ2) is 1.73. The quantitative estimate of drug-likeness (QED) is 0.551. The Morgan fingerprint density at radius 2 is 2.08 bits per heavy atom. The molecule has 4 rings (SSSR count). The van der Waals surface area contributed by atoms with Crippen LogP contribution in [0.2, 0.25) is 0 Å². The highest BCUT2D eigenvalue weighted by molar-refractivity contribution is 5.20. The van der Waals surface area contributed by atoms with Crippen LogP contribution >= 0.6 is 0 Å². The van der Waals surface area contributed by atoms with Crippen LogP contribution in [0.5, 0.6) is 0 Å². The Kier molecular flexibility index (Phi) is 1.06. The van der Waals surface area contributed by atoms with Crippen LogP contribution in [0.1, 0.15) is 26.7 Å². The molecule has 4 aliphatic rings. The van der Waals surface area contributed by atoms with Crippen molar-refractivity contribution in [1.82, 2.24) is 0 Å². The zero-order valence-corrected chi connectivity index (χ0v) is 7.71. The third-order valence-corrected chi connectivity index (χ3v) is 4.47. The van der Waals surface area contributed by atoms with Gasteiger partial charge < -0.3 is 9.84 Å². The summed E-state index contributed by atoms with van der Waals surface area (Å²) in [6.07, 6.45) is 2.27. The molecule has 0 aromatic heterocycles. The van der Waals surface area contributed by atoms with Crippen LogP contribution < -0.4 is 0 Å². The maximum absolute atomic E-state index is 9.86.